The normalized spacial score (nSPS) is 17.8. The average Bonchev–Trinajstić information content (AvgIpc) is 2.56. The SMILES string of the molecule is CCCCN(CC)C(CN1CCNCC1)c1ccc(Cl)cc1. The number of benzene rings is 1. The Morgan fingerprint density at radius 1 is 1.18 bits per heavy atom. The summed E-state index contributed by atoms with van der Waals surface area (Å²) in [5.74, 6) is 0. The first-order chi connectivity index (χ1) is 10.7. The summed E-state index contributed by atoms with van der Waals surface area (Å²) in [6, 6.07) is 8.91. The fourth-order valence-corrected chi connectivity index (χ4v) is 3.28. The van der Waals surface area contributed by atoms with Crippen molar-refractivity contribution in [3.05, 3.63) is 34.9 Å². The molecule has 1 aliphatic heterocycles. The minimum atomic E-state index is 0.465. The summed E-state index contributed by atoms with van der Waals surface area (Å²) in [4.78, 5) is 5.21. The van der Waals surface area contributed by atoms with Crippen LogP contribution in [0.5, 0.6) is 0 Å². The van der Waals surface area contributed by atoms with Crippen molar-refractivity contribution in [1.29, 1.82) is 0 Å². The molecule has 1 aromatic rings. The molecular formula is C18H30ClN3. The Morgan fingerprint density at radius 3 is 2.45 bits per heavy atom. The lowest BCUT2D eigenvalue weighted by Gasteiger charge is -2.37. The standard InChI is InChI=1S/C18H30ClN3/c1-3-5-12-22(4-2)18(15-21-13-10-20-11-14-21)16-6-8-17(19)9-7-16/h6-9,18,20H,3-5,10-15H2,1-2H3. The average molecular weight is 324 g/mol. The summed E-state index contributed by atoms with van der Waals surface area (Å²) in [6.45, 7) is 12.4. The van der Waals surface area contributed by atoms with E-state index in [0.717, 1.165) is 44.3 Å². The van der Waals surface area contributed by atoms with E-state index in [-0.39, 0.29) is 0 Å². The van der Waals surface area contributed by atoms with Gasteiger partial charge in [-0.3, -0.25) is 9.80 Å². The Balaban J connectivity index is 2.12. The second kappa shape index (κ2) is 9.51. The highest BCUT2D eigenvalue weighted by molar-refractivity contribution is 6.30. The molecule has 1 N–H and O–H groups in total. The van der Waals surface area contributed by atoms with Crippen LogP contribution < -0.4 is 5.32 Å². The molecule has 0 radical (unpaired) electrons. The molecule has 124 valence electrons. The second-order valence-electron chi connectivity index (χ2n) is 6.10. The maximum absolute atomic E-state index is 6.07. The maximum atomic E-state index is 6.07. The van der Waals surface area contributed by atoms with E-state index in [9.17, 15) is 0 Å². The van der Waals surface area contributed by atoms with E-state index in [2.05, 4.69) is 41.1 Å². The van der Waals surface area contributed by atoms with Crippen molar-refractivity contribution in [2.24, 2.45) is 0 Å². The third-order valence-corrected chi connectivity index (χ3v) is 4.79. The van der Waals surface area contributed by atoms with Crippen LogP contribution in [0.3, 0.4) is 0 Å². The van der Waals surface area contributed by atoms with Gasteiger partial charge in [0.2, 0.25) is 0 Å². The summed E-state index contributed by atoms with van der Waals surface area (Å²) in [6.07, 6.45) is 2.51. The highest BCUT2D eigenvalue weighted by Crippen LogP contribution is 2.24. The number of hydrogen-bond donors (Lipinski definition) is 1. The van der Waals surface area contributed by atoms with Gasteiger partial charge in [-0.1, -0.05) is 44.0 Å². The zero-order chi connectivity index (χ0) is 15.8. The molecule has 1 saturated heterocycles. The Labute approximate surface area is 140 Å². The molecule has 0 amide bonds. The fourth-order valence-electron chi connectivity index (χ4n) is 3.15. The first kappa shape index (κ1) is 17.7. The van der Waals surface area contributed by atoms with Gasteiger partial charge in [-0.25, -0.2) is 0 Å². The van der Waals surface area contributed by atoms with Gasteiger partial charge in [0.1, 0.15) is 0 Å². The molecule has 1 atom stereocenters. The van der Waals surface area contributed by atoms with Crippen LogP contribution in [-0.4, -0.2) is 55.6 Å². The molecule has 1 fully saturated rings. The smallest absolute Gasteiger partial charge is 0.0475 e. The quantitative estimate of drug-likeness (QED) is 0.791. The number of nitrogens with one attached hydrogen (secondary N) is 1. The lowest BCUT2D eigenvalue weighted by atomic mass is 10.0. The maximum Gasteiger partial charge on any atom is 0.0475 e. The van der Waals surface area contributed by atoms with E-state index in [4.69, 9.17) is 11.6 Å². The first-order valence-corrected chi connectivity index (χ1v) is 9.05. The molecule has 0 saturated carbocycles. The van der Waals surface area contributed by atoms with Gasteiger partial charge in [0, 0.05) is 43.8 Å². The van der Waals surface area contributed by atoms with Crippen LogP contribution in [0.1, 0.15) is 38.3 Å². The highest BCUT2D eigenvalue weighted by atomic mass is 35.5. The zero-order valence-electron chi connectivity index (χ0n) is 14.0. The summed E-state index contributed by atoms with van der Waals surface area (Å²) >= 11 is 6.07. The van der Waals surface area contributed by atoms with E-state index in [1.807, 2.05) is 12.1 Å². The molecule has 0 bridgehead atoms. The van der Waals surface area contributed by atoms with Crippen molar-refractivity contribution in [1.82, 2.24) is 15.1 Å². The Hall–Kier alpha value is -0.610. The van der Waals surface area contributed by atoms with E-state index < -0.39 is 0 Å². The lowest BCUT2D eigenvalue weighted by molar-refractivity contribution is 0.132. The summed E-state index contributed by atoms with van der Waals surface area (Å²) in [5.41, 5.74) is 1.39. The van der Waals surface area contributed by atoms with Crippen LogP contribution in [-0.2, 0) is 0 Å². The van der Waals surface area contributed by atoms with Gasteiger partial charge < -0.3 is 5.32 Å². The predicted octanol–water partition coefficient (Wildman–Crippen LogP) is 3.41. The number of nitrogens with zero attached hydrogens (tertiary/aromatic N) is 2. The van der Waals surface area contributed by atoms with Crippen molar-refractivity contribution < 1.29 is 0 Å². The minimum Gasteiger partial charge on any atom is -0.314 e. The second-order valence-corrected chi connectivity index (χ2v) is 6.54. The molecule has 0 aliphatic carbocycles. The van der Waals surface area contributed by atoms with E-state index in [0.29, 0.717) is 6.04 Å². The third kappa shape index (κ3) is 5.24. The van der Waals surface area contributed by atoms with Gasteiger partial charge in [-0.15, -0.1) is 0 Å². The highest BCUT2D eigenvalue weighted by Gasteiger charge is 2.22. The summed E-state index contributed by atoms with van der Waals surface area (Å²) < 4.78 is 0. The van der Waals surface area contributed by atoms with Crippen LogP contribution in [0.2, 0.25) is 5.02 Å². The van der Waals surface area contributed by atoms with Gasteiger partial charge >= 0.3 is 0 Å². The molecule has 0 spiro atoms. The van der Waals surface area contributed by atoms with E-state index in [1.165, 1.54) is 24.9 Å². The summed E-state index contributed by atoms with van der Waals surface area (Å²) in [5, 5.41) is 4.26. The largest absolute Gasteiger partial charge is 0.314 e. The topological polar surface area (TPSA) is 18.5 Å². The molecule has 1 heterocycles. The number of piperazine rings is 1. The molecule has 1 aromatic carbocycles. The minimum absolute atomic E-state index is 0.465. The molecule has 1 unspecified atom stereocenters. The van der Waals surface area contributed by atoms with Crippen molar-refractivity contribution in [3.63, 3.8) is 0 Å². The van der Waals surface area contributed by atoms with Gasteiger partial charge in [0.15, 0.2) is 0 Å². The number of rotatable bonds is 8. The van der Waals surface area contributed by atoms with Crippen LogP contribution >= 0.6 is 11.6 Å². The van der Waals surface area contributed by atoms with Crippen LogP contribution in [0.25, 0.3) is 0 Å². The number of likely N-dealkylation sites (N-methyl/N-ethyl adjacent to an activating group) is 1. The monoisotopic (exact) mass is 323 g/mol. The Kier molecular flexibility index (Phi) is 7.67. The first-order valence-electron chi connectivity index (χ1n) is 8.67. The zero-order valence-corrected chi connectivity index (χ0v) is 14.8. The van der Waals surface area contributed by atoms with Crippen molar-refractivity contribution in [2.75, 3.05) is 45.8 Å². The molecular weight excluding hydrogens is 294 g/mol. The van der Waals surface area contributed by atoms with Gasteiger partial charge in [0.25, 0.3) is 0 Å². The van der Waals surface area contributed by atoms with Crippen molar-refractivity contribution >= 4 is 11.6 Å². The van der Waals surface area contributed by atoms with Gasteiger partial charge in [-0.05, 0) is 37.2 Å². The Bertz CT molecular complexity index is 415. The predicted molar refractivity (Wildman–Crippen MR) is 95.7 cm³/mol. The van der Waals surface area contributed by atoms with Crippen LogP contribution in [0, 0.1) is 0 Å². The molecule has 0 aromatic heterocycles. The molecule has 3 nitrogen and oxygen atoms in total. The molecule has 22 heavy (non-hydrogen) atoms. The molecule has 4 heteroatoms. The van der Waals surface area contributed by atoms with Crippen molar-refractivity contribution in [3.8, 4) is 0 Å². The van der Waals surface area contributed by atoms with Crippen LogP contribution in [0.15, 0.2) is 24.3 Å². The van der Waals surface area contributed by atoms with Gasteiger partial charge in [0.05, 0.1) is 0 Å². The van der Waals surface area contributed by atoms with Gasteiger partial charge in [-0.2, -0.15) is 0 Å². The molecule has 1 aliphatic rings. The number of halogens is 1. The Morgan fingerprint density at radius 2 is 1.86 bits per heavy atom. The van der Waals surface area contributed by atoms with E-state index in [1.54, 1.807) is 0 Å². The van der Waals surface area contributed by atoms with Crippen molar-refractivity contribution in [2.45, 2.75) is 32.7 Å². The van der Waals surface area contributed by atoms with Crippen LogP contribution in [0.4, 0.5) is 0 Å². The fraction of sp³-hybridized carbons (Fsp3) is 0.667. The molecule has 2 rings (SSSR count). The lowest BCUT2D eigenvalue weighted by Crippen LogP contribution is -2.47. The number of hydrogen-bond acceptors (Lipinski definition) is 3. The summed E-state index contributed by atoms with van der Waals surface area (Å²) in [7, 11) is 0. The number of unbranched alkanes of at least 4 members (excludes halogenated alkanes) is 1. The third-order valence-electron chi connectivity index (χ3n) is 4.54. The van der Waals surface area contributed by atoms with E-state index >= 15 is 0 Å².